The van der Waals surface area contributed by atoms with Crippen LogP contribution in [0, 0.1) is 26.6 Å². The van der Waals surface area contributed by atoms with Crippen molar-refractivity contribution < 1.29 is 13.9 Å². The monoisotopic (exact) mass is 384 g/mol. The minimum atomic E-state index is -0.559. The molecule has 0 aliphatic heterocycles. The van der Waals surface area contributed by atoms with Gasteiger partial charge in [-0.15, -0.1) is 11.8 Å². The number of benzene rings is 2. The molecule has 1 N–H and O–H groups in total. The second-order valence-corrected chi connectivity index (χ2v) is 7.70. The number of halogens is 1. The van der Waals surface area contributed by atoms with Crippen LogP contribution in [0.1, 0.15) is 22.5 Å². The Balaban J connectivity index is 1.84. The number of hydrogen-bond donors (Lipinski definition) is 1. The maximum absolute atomic E-state index is 13.7. The summed E-state index contributed by atoms with van der Waals surface area (Å²) in [6.45, 7) is 5.81. The Bertz CT molecular complexity index is 1020. The van der Waals surface area contributed by atoms with Crippen molar-refractivity contribution in [2.45, 2.75) is 32.1 Å². The summed E-state index contributed by atoms with van der Waals surface area (Å²) in [5, 5.41) is 10.5. The van der Waals surface area contributed by atoms with Gasteiger partial charge in [-0.3, -0.25) is 0 Å². The Morgan fingerprint density at radius 2 is 1.70 bits per heavy atom. The van der Waals surface area contributed by atoms with Gasteiger partial charge >= 0.3 is 5.63 Å². The van der Waals surface area contributed by atoms with Gasteiger partial charge in [0, 0.05) is 23.1 Å². The number of aromatic hydroxyl groups is 1. The van der Waals surface area contributed by atoms with Gasteiger partial charge in [0.2, 0.25) is 0 Å². The van der Waals surface area contributed by atoms with Crippen LogP contribution in [0.15, 0.2) is 56.6 Å². The zero-order chi connectivity index (χ0) is 19.6. The Hall–Kier alpha value is -2.53. The molecule has 3 rings (SSSR count). The van der Waals surface area contributed by atoms with Crippen LogP contribution in [0.4, 0.5) is 4.39 Å². The first-order valence-electron chi connectivity index (χ1n) is 8.68. The van der Waals surface area contributed by atoms with Crippen LogP contribution in [-0.4, -0.2) is 10.9 Å². The highest BCUT2D eigenvalue weighted by molar-refractivity contribution is 7.99. The first-order valence-corrected chi connectivity index (χ1v) is 9.67. The molecule has 2 aromatic carbocycles. The van der Waals surface area contributed by atoms with E-state index in [1.165, 1.54) is 23.9 Å². The molecule has 0 amide bonds. The van der Waals surface area contributed by atoms with E-state index in [-0.39, 0.29) is 17.1 Å². The molecule has 27 heavy (non-hydrogen) atoms. The highest BCUT2D eigenvalue weighted by Gasteiger charge is 2.18. The normalized spacial score (nSPS) is 11.0. The maximum Gasteiger partial charge on any atom is 0.347 e. The summed E-state index contributed by atoms with van der Waals surface area (Å²) in [5.74, 6) is 0.554. The van der Waals surface area contributed by atoms with Crippen molar-refractivity contribution in [3.8, 4) is 16.9 Å². The zero-order valence-corrected chi connectivity index (χ0v) is 16.3. The first-order chi connectivity index (χ1) is 12.9. The van der Waals surface area contributed by atoms with E-state index in [0.29, 0.717) is 28.4 Å². The molecule has 0 bridgehead atoms. The van der Waals surface area contributed by atoms with Crippen molar-refractivity contribution in [1.29, 1.82) is 0 Å². The smallest absolute Gasteiger partial charge is 0.347 e. The van der Waals surface area contributed by atoms with E-state index in [0.717, 1.165) is 16.7 Å². The van der Waals surface area contributed by atoms with Gasteiger partial charge in [0.25, 0.3) is 0 Å². The molecule has 1 heterocycles. The molecular weight excluding hydrogens is 363 g/mol. The molecule has 3 nitrogen and oxygen atoms in total. The highest BCUT2D eigenvalue weighted by atomic mass is 32.2. The third kappa shape index (κ3) is 4.25. The molecule has 3 aromatic rings. The van der Waals surface area contributed by atoms with Gasteiger partial charge in [-0.1, -0.05) is 29.8 Å². The van der Waals surface area contributed by atoms with E-state index in [2.05, 4.69) is 0 Å². The third-order valence-corrected chi connectivity index (χ3v) is 5.40. The number of hydrogen-bond acceptors (Lipinski definition) is 4. The van der Waals surface area contributed by atoms with E-state index in [4.69, 9.17) is 4.42 Å². The standard InChI is InChI=1S/C22H21FO3S/c1-13-10-14(2)20(15(3)11-13)21-18(24)12-16(26-22(21)25)8-9-27-19-7-5-4-6-17(19)23/h4-7,10-12,24H,8-9H2,1-3H3. The van der Waals surface area contributed by atoms with Crippen LogP contribution in [0.5, 0.6) is 5.75 Å². The van der Waals surface area contributed by atoms with Gasteiger partial charge in [0.1, 0.15) is 22.9 Å². The van der Waals surface area contributed by atoms with E-state index in [9.17, 15) is 14.3 Å². The maximum atomic E-state index is 13.7. The fourth-order valence-electron chi connectivity index (χ4n) is 3.28. The molecule has 0 aliphatic rings. The molecule has 0 saturated carbocycles. The lowest BCUT2D eigenvalue weighted by atomic mass is 9.94. The Kier molecular flexibility index (Phi) is 5.71. The molecule has 0 atom stereocenters. The molecule has 140 valence electrons. The second kappa shape index (κ2) is 8.01. The summed E-state index contributed by atoms with van der Waals surface area (Å²) in [6, 6.07) is 12.0. The Labute approximate surface area is 161 Å². The van der Waals surface area contributed by atoms with Gasteiger partial charge in [-0.25, -0.2) is 9.18 Å². The van der Waals surface area contributed by atoms with Crippen molar-refractivity contribution >= 4 is 11.8 Å². The van der Waals surface area contributed by atoms with Crippen LogP contribution in [0.3, 0.4) is 0 Å². The van der Waals surface area contributed by atoms with Gasteiger partial charge in [0.05, 0.1) is 0 Å². The van der Waals surface area contributed by atoms with Gasteiger partial charge in [0.15, 0.2) is 0 Å². The van der Waals surface area contributed by atoms with Crippen LogP contribution in [-0.2, 0) is 6.42 Å². The van der Waals surface area contributed by atoms with Gasteiger partial charge in [-0.05, 0) is 49.6 Å². The fraction of sp³-hybridized carbons (Fsp3) is 0.227. The average Bonchev–Trinajstić information content (AvgIpc) is 2.58. The minimum absolute atomic E-state index is 0.0906. The molecule has 0 aliphatic carbocycles. The molecule has 0 unspecified atom stereocenters. The van der Waals surface area contributed by atoms with Gasteiger partial charge in [-0.2, -0.15) is 0 Å². The Morgan fingerprint density at radius 1 is 1.04 bits per heavy atom. The van der Waals surface area contributed by atoms with Crippen molar-refractivity contribution in [3.63, 3.8) is 0 Å². The highest BCUT2D eigenvalue weighted by Crippen LogP contribution is 2.33. The van der Waals surface area contributed by atoms with E-state index in [1.54, 1.807) is 18.2 Å². The summed E-state index contributed by atoms with van der Waals surface area (Å²) in [7, 11) is 0. The predicted molar refractivity (Wildman–Crippen MR) is 107 cm³/mol. The van der Waals surface area contributed by atoms with Crippen molar-refractivity contribution in [1.82, 2.24) is 0 Å². The predicted octanol–water partition coefficient (Wildman–Crippen LogP) is 5.41. The second-order valence-electron chi connectivity index (χ2n) is 6.56. The van der Waals surface area contributed by atoms with Crippen LogP contribution in [0.25, 0.3) is 11.1 Å². The van der Waals surface area contributed by atoms with E-state index in [1.807, 2.05) is 32.9 Å². The SMILES string of the molecule is Cc1cc(C)c(-c2c(O)cc(CCSc3ccccc3F)oc2=O)c(C)c1. The van der Waals surface area contributed by atoms with Gasteiger partial charge < -0.3 is 9.52 Å². The molecule has 5 heteroatoms. The molecule has 0 fully saturated rings. The summed E-state index contributed by atoms with van der Waals surface area (Å²) in [4.78, 5) is 13.1. The van der Waals surface area contributed by atoms with Crippen LogP contribution in [0.2, 0.25) is 0 Å². The summed E-state index contributed by atoms with van der Waals surface area (Å²) in [5.41, 5.74) is 3.26. The van der Waals surface area contributed by atoms with Crippen molar-refractivity contribution in [2.75, 3.05) is 5.75 Å². The van der Waals surface area contributed by atoms with E-state index >= 15 is 0 Å². The van der Waals surface area contributed by atoms with Crippen molar-refractivity contribution in [2.24, 2.45) is 0 Å². The molecule has 1 aromatic heterocycles. The third-order valence-electron chi connectivity index (χ3n) is 4.35. The molecule has 0 spiro atoms. The number of aryl methyl sites for hydroxylation is 4. The summed E-state index contributed by atoms with van der Waals surface area (Å²) >= 11 is 1.34. The quantitative estimate of drug-likeness (QED) is 0.598. The molecule has 0 saturated heterocycles. The lowest BCUT2D eigenvalue weighted by Crippen LogP contribution is -2.08. The van der Waals surface area contributed by atoms with Crippen LogP contribution < -0.4 is 5.63 Å². The average molecular weight is 384 g/mol. The zero-order valence-electron chi connectivity index (χ0n) is 15.5. The number of thioether (sulfide) groups is 1. The Morgan fingerprint density at radius 3 is 2.33 bits per heavy atom. The first kappa shape index (κ1) is 19.2. The largest absolute Gasteiger partial charge is 0.507 e. The lowest BCUT2D eigenvalue weighted by molar-refractivity contribution is 0.430. The summed E-state index contributed by atoms with van der Waals surface area (Å²) < 4.78 is 19.1. The lowest BCUT2D eigenvalue weighted by Gasteiger charge is -2.12. The number of rotatable bonds is 5. The molecular formula is C22H21FO3S. The molecule has 0 radical (unpaired) electrons. The fourth-order valence-corrected chi connectivity index (χ4v) is 4.18. The van der Waals surface area contributed by atoms with E-state index < -0.39 is 5.63 Å². The minimum Gasteiger partial charge on any atom is -0.507 e. The van der Waals surface area contributed by atoms with Crippen LogP contribution >= 0.6 is 11.8 Å². The summed E-state index contributed by atoms with van der Waals surface area (Å²) in [6.07, 6.45) is 0.411. The topological polar surface area (TPSA) is 50.4 Å². The van der Waals surface area contributed by atoms with Crippen molar-refractivity contribution in [3.05, 3.63) is 81.2 Å².